The summed E-state index contributed by atoms with van der Waals surface area (Å²) in [4.78, 5) is 65.3. The lowest BCUT2D eigenvalue weighted by Gasteiger charge is -2.09. The van der Waals surface area contributed by atoms with Gasteiger partial charge in [-0.2, -0.15) is 0 Å². The molecule has 0 spiro atoms. The maximum Gasteiger partial charge on any atom is 0.328 e. The first-order valence-electron chi connectivity index (χ1n) is 12.9. The van der Waals surface area contributed by atoms with Gasteiger partial charge in [-0.3, -0.25) is 33.5 Å². The number of nitrogens with zero attached hydrogens (tertiary/aromatic N) is 2. The number of rotatable bonds is 13. The van der Waals surface area contributed by atoms with Gasteiger partial charge in [0.1, 0.15) is 5.78 Å². The Hall–Kier alpha value is -4.01. The minimum absolute atomic E-state index is 0.245. The van der Waals surface area contributed by atoms with Crippen molar-refractivity contribution in [3.05, 3.63) is 90.2 Å². The van der Waals surface area contributed by atoms with E-state index in [1.165, 1.54) is 0 Å². The van der Waals surface area contributed by atoms with E-state index in [0.29, 0.717) is 47.7 Å². The lowest BCUT2D eigenvalue weighted by molar-refractivity contribution is -0.119. The minimum atomic E-state index is -0.404. The van der Waals surface area contributed by atoms with E-state index in [-0.39, 0.29) is 16.9 Å². The minimum Gasteiger partial charge on any atom is -0.300 e. The van der Waals surface area contributed by atoms with Gasteiger partial charge in [-0.1, -0.05) is 43.5 Å². The summed E-state index contributed by atoms with van der Waals surface area (Å²) in [6.07, 6.45) is 6.85. The van der Waals surface area contributed by atoms with Gasteiger partial charge in [0.2, 0.25) is 0 Å². The van der Waals surface area contributed by atoms with Crippen molar-refractivity contribution in [1.29, 1.82) is 0 Å². The molecule has 0 amide bonds. The molecule has 37 heavy (non-hydrogen) atoms. The van der Waals surface area contributed by atoms with E-state index < -0.39 is 11.4 Å². The molecule has 0 atom stereocenters. The first kappa shape index (κ1) is 26.1. The summed E-state index contributed by atoms with van der Waals surface area (Å²) in [5.41, 5.74) is -0.262. The highest BCUT2D eigenvalue weighted by atomic mass is 16.2. The smallest absolute Gasteiger partial charge is 0.300 e. The van der Waals surface area contributed by atoms with Crippen LogP contribution in [0.3, 0.4) is 0 Å². The van der Waals surface area contributed by atoms with E-state index in [1.54, 1.807) is 45.5 Å². The third kappa shape index (κ3) is 6.41. The number of benzene rings is 2. The maximum atomic E-state index is 12.2. The monoisotopic (exact) mass is 504 g/mol. The molecule has 0 aliphatic carbocycles. The van der Waals surface area contributed by atoms with Crippen molar-refractivity contribution in [2.75, 3.05) is 0 Å². The number of hydrogen-bond donors (Lipinski definition) is 2. The molecule has 9 nitrogen and oxygen atoms in total. The fraction of sp³-hybridized carbons (Fsp3) is 0.393. The Balaban J connectivity index is 1.13. The molecule has 0 bridgehead atoms. The first-order valence-corrected chi connectivity index (χ1v) is 12.9. The van der Waals surface area contributed by atoms with Crippen molar-refractivity contribution in [1.82, 2.24) is 19.1 Å². The third-order valence-corrected chi connectivity index (χ3v) is 6.73. The molecule has 2 N–H and O–H groups in total. The van der Waals surface area contributed by atoms with E-state index in [4.69, 9.17) is 0 Å². The second-order valence-corrected chi connectivity index (χ2v) is 9.37. The summed E-state index contributed by atoms with van der Waals surface area (Å²) in [6.45, 7) is 1.02. The second kappa shape index (κ2) is 12.3. The van der Waals surface area contributed by atoms with Crippen molar-refractivity contribution >= 4 is 27.6 Å². The van der Waals surface area contributed by atoms with Crippen LogP contribution in [-0.2, 0) is 17.9 Å². The van der Waals surface area contributed by atoms with Crippen LogP contribution in [0.2, 0.25) is 0 Å². The highest BCUT2D eigenvalue weighted by molar-refractivity contribution is 5.79. The maximum absolute atomic E-state index is 12.2. The first-order chi connectivity index (χ1) is 18.0. The number of fused-ring (bicyclic) bond motifs is 2. The van der Waals surface area contributed by atoms with Crippen LogP contribution in [0.5, 0.6) is 0 Å². The summed E-state index contributed by atoms with van der Waals surface area (Å²) in [5, 5.41) is 1.00. The lowest BCUT2D eigenvalue weighted by Crippen LogP contribution is -2.30. The largest absolute Gasteiger partial charge is 0.328 e. The Morgan fingerprint density at radius 3 is 1.46 bits per heavy atom. The average Bonchev–Trinajstić information content (AvgIpc) is 2.89. The van der Waals surface area contributed by atoms with Crippen LogP contribution in [0.15, 0.2) is 67.7 Å². The number of hydrogen-bond acceptors (Lipinski definition) is 5. The Kier molecular flexibility index (Phi) is 8.66. The molecule has 0 aliphatic heterocycles. The molecule has 0 radical (unpaired) electrons. The fourth-order valence-corrected chi connectivity index (χ4v) is 4.77. The molecule has 0 saturated carbocycles. The molecule has 9 heteroatoms. The number of carbonyl (C=O) groups is 1. The van der Waals surface area contributed by atoms with E-state index in [9.17, 15) is 24.0 Å². The number of aryl methyl sites for hydroxylation is 2. The predicted molar refractivity (Wildman–Crippen MR) is 144 cm³/mol. The van der Waals surface area contributed by atoms with E-state index in [1.807, 2.05) is 12.1 Å². The van der Waals surface area contributed by atoms with E-state index in [0.717, 1.165) is 44.9 Å². The van der Waals surface area contributed by atoms with Gasteiger partial charge < -0.3 is 0 Å². The Bertz CT molecular complexity index is 1630. The van der Waals surface area contributed by atoms with Gasteiger partial charge in [0.25, 0.3) is 11.1 Å². The van der Waals surface area contributed by atoms with Crippen molar-refractivity contribution in [2.45, 2.75) is 70.9 Å². The summed E-state index contributed by atoms with van der Waals surface area (Å²) >= 11 is 0. The molecule has 0 saturated heterocycles. The van der Waals surface area contributed by atoms with Gasteiger partial charge in [-0.05, 0) is 49.9 Å². The molecule has 2 heterocycles. The summed E-state index contributed by atoms with van der Waals surface area (Å²) in [5.74, 6) is 0.245. The van der Waals surface area contributed by atoms with Crippen LogP contribution in [0.4, 0.5) is 0 Å². The third-order valence-electron chi connectivity index (χ3n) is 6.73. The van der Waals surface area contributed by atoms with Crippen LogP contribution in [0, 0.1) is 0 Å². The van der Waals surface area contributed by atoms with Gasteiger partial charge in [-0.15, -0.1) is 0 Å². The van der Waals surface area contributed by atoms with E-state index >= 15 is 0 Å². The van der Waals surface area contributed by atoms with Crippen molar-refractivity contribution < 1.29 is 4.79 Å². The molecule has 194 valence electrons. The number of Topliss-reactive ketones (excluding diaryl/α,β-unsaturated/α-hetero) is 1. The second-order valence-electron chi connectivity index (χ2n) is 9.37. The topological polar surface area (TPSA) is 127 Å². The lowest BCUT2D eigenvalue weighted by atomic mass is 10.0. The standard InChI is InChI=1S/C28H32N4O5/c33-20(13-5-3-11-19-32-24-17-9-7-15-22(24)26(35)30-28(32)37)12-4-1-2-10-18-31-23-16-8-6-14-21(23)25(34)29-27(31)36/h6-9,14-17H,1-5,10-13,18-19H2,(H,29,34,36)(H,30,35,37). The van der Waals surface area contributed by atoms with Crippen LogP contribution in [0.25, 0.3) is 21.8 Å². The number of para-hydroxylation sites is 2. The molecule has 2 aromatic heterocycles. The summed E-state index contributed by atoms with van der Waals surface area (Å²) in [6, 6.07) is 14.1. The number of ketones is 1. The summed E-state index contributed by atoms with van der Waals surface area (Å²) in [7, 11) is 0. The fourth-order valence-electron chi connectivity index (χ4n) is 4.77. The van der Waals surface area contributed by atoms with Crippen LogP contribution in [0.1, 0.15) is 57.8 Å². The van der Waals surface area contributed by atoms with Gasteiger partial charge >= 0.3 is 11.4 Å². The number of carbonyl (C=O) groups excluding carboxylic acids is 1. The van der Waals surface area contributed by atoms with Gasteiger partial charge in [0, 0.05) is 25.9 Å². The SMILES string of the molecule is O=C(CCCCCCn1c(=O)[nH]c(=O)c2ccccc21)CCCCCn1c(=O)[nH]c(=O)c2ccccc21. The van der Waals surface area contributed by atoms with Crippen LogP contribution >= 0.6 is 0 Å². The molecule has 4 aromatic rings. The zero-order valence-corrected chi connectivity index (χ0v) is 20.8. The van der Waals surface area contributed by atoms with Crippen LogP contribution < -0.4 is 22.5 Å². The normalized spacial score (nSPS) is 11.4. The summed E-state index contributed by atoms with van der Waals surface area (Å²) < 4.78 is 3.19. The highest BCUT2D eigenvalue weighted by Crippen LogP contribution is 2.12. The number of aromatic amines is 2. The Labute approximate surface area is 212 Å². The van der Waals surface area contributed by atoms with Crippen molar-refractivity contribution in [3.63, 3.8) is 0 Å². The highest BCUT2D eigenvalue weighted by Gasteiger charge is 2.08. The molecular weight excluding hydrogens is 472 g/mol. The molecule has 0 fully saturated rings. The number of H-pyrrole nitrogens is 2. The average molecular weight is 505 g/mol. The molecule has 4 rings (SSSR count). The molecule has 0 unspecified atom stereocenters. The van der Waals surface area contributed by atoms with Crippen molar-refractivity contribution in [2.24, 2.45) is 0 Å². The number of aromatic nitrogens is 4. The van der Waals surface area contributed by atoms with Gasteiger partial charge in [-0.25, -0.2) is 9.59 Å². The Morgan fingerprint density at radius 2 is 0.973 bits per heavy atom. The van der Waals surface area contributed by atoms with Gasteiger partial charge in [0.05, 0.1) is 21.8 Å². The predicted octanol–water partition coefficient (Wildman–Crippen LogP) is 3.47. The van der Waals surface area contributed by atoms with E-state index in [2.05, 4.69) is 9.97 Å². The zero-order valence-electron chi connectivity index (χ0n) is 20.8. The van der Waals surface area contributed by atoms with Gasteiger partial charge in [0.15, 0.2) is 0 Å². The number of nitrogens with one attached hydrogen (secondary N) is 2. The zero-order chi connectivity index (χ0) is 26.2. The van der Waals surface area contributed by atoms with Crippen molar-refractivity contribution in [3.8, 4) is 0 Å². The van der Waals surface area contributed by atoms with Crippen LogP contribution in [-0.4, -0.2) is 24.9 Å². The molecular formula is C28H32N4O5. The number of unbranched alkanes of at least 4 members (excludes halogenated alkanes) is 5. The quantitative estimate of drug-likeness (QED) is 0.270. The molecule has 2 aromatic carbocycles. The molecule has 0 aliphatic rings. The Morgan fingerprint density at radius 1 is 0.568 bits per heavy atom.